The summed E-state index contributed by atoms with van der Waals surface area (Å²) >= 11 is 6.36. The van der Waals surface area contributed by atoms with Crippen molar-refractivity contribution < 1.29 is 14.7 Å². The Balaban J connectivity index is 1.65. The molecule has 1 aromatic rings. The molecule has 136 valence electrons. The normalized spacial score (nSPS) is 19.4. The van der Waals surface area contributed by atoms with E-state index in [0.29, 0.717) is 10.7 Å². The monoisotopic (exact) mass is 365 g/mol. The van der Waals surface area contributed by atoms with Crippen molar-refractivity contribution in [3.63, 3.8) is 0 Å². The van der Waals surface area contributed by atoms with Gasteiger partial charge in [-0.05, 0) is 50.8 Å². The first-order chi connectivity index (χ1) is 12.0. The lowest BCUT2D eigenvalue weighted by Gasteiger charge is -2.22. The van der Waals surface area contributed by atoms with Crippen molar-refractivity contribution >= 4 is 34.8 Å². The quantitative estimate of drug-likeness (QED) is 0.721. The van der Waals surface area contributed by atoms with Crippen molar-refractivity contribution in [1.29, 1.82) is 0 Å². The topological polar surface area (TPSA) is 81.7 Å². The number of rotatable bonds is 6. The van der Waals surface area contributed by atoms with Crippen molar-refractivity contribution in [2.75, 3.05) is 23.3 Å². The van der Waals surface area contributed by atoms with E-state index in [2.05, 4.69) is 15.5 Å². The van der Waals surface area contributed by atoms with Crippen molar-refractivity contribution in [3.05, 3.63) is 23.2 Å². The summed E-state index contributed by atoms with van der Waals surface area (Å²) in [6, 6.07) is 4.41. The van der Waals surface area contributed by atoms with E-state index in [9.17, 15) is 14.7 Å². The number of nitrogens with zero attached hydrogens (tertiary/aromatic N) is 1. The fourth-order valence-electron chi connectivity index (χ4n) is 3.04. The summed E-state index contributed by atoms with van der Waals surface area (Å²) in [6.45, 7) is 3.46. The molecule has 1 saturated heterocycles. The van der Waals surface area contributed by atoms with Gasteiger partial charge in [-0.2, -0.15) is 0 Å². The molecule has 7 heteroatoms. The van der Waals surface area contributed by atoms with Crippen molar-refractivity contribution in [1.82, 2.24) is 5.32 Å². The molecule has 1 heterocycles. The first-order valence-corrected chi connectivity index (χ1v) is 9.17. The minimum absolute atomic E-state index is 0.0248. The number of carbonyl (C=O) groups excluding carboxylic acids is 2. The Kier molecular flexibility index (Phi) is 5.49. The lowest BCUT2D eigenvalue weighted by molar-refractivity contribution is -0.129. The molecule has 2 fully saturated rings. The third-order valence-electron chi connectivity index (χ3n) is 4.67. The number of halogens is 1. The zero-order valence-electron chi connectivity index (χ0n) is 14.3. The van der Waals surface area contributed by atoms with Gasteiger partial charge in [0.05, 0.1) is 16.8 Å². The van der Waals surface area contributed by atoms with Crippen LogP contribution in [-0.2, 0) is 9.59 Å². The van der Waals surface area contributed by atoms with Crippen molar-refractivity contribution in [2.24, 2.45) is 5.92 Å². The van der Waals surface area contributed by atoms with E-state index in [-0.39, 0.29) is 11.8 Å². The predicted octanol–water partition coefficient (Wildman–Crippen LogP) is 2.15. The number of aliphatic hydroxyl groups is 1. The number of anilines is 2. The van der Waals surface area contributed by atoms with Crippen LogP contribution in [0.3, 0.4) is 0 Å². The molecule has 0 aromatic heterocycles. The van der Waals surface area contributed by atoms with Crippen LogP contribution in [0.2, 0.25) is 5.02 Å². The van der Waals surface area contributed by atoms with Gasteiger partial charge in [-0.3, -0.25) is 9.59 Å². The van der Waals surface area contributed by atoms with Crippen LogP contribution in [0, 0.1) is 5.92 Å². The van der Waals surface area contributed by atoms with Crippen LogP contribution in [0.15, 0.2) is 18.2 Å². The number of nitrogens with one attached hydrogen (secondary N) is 2. The fourth-order valence-corrected chi connectivity index (χ4v) is 3.34. The Morgan fingerprint density at radius 1 is 1.28 bits per heavy atom. The highest BCUT2D eigenvalue weighted by atomic mass is 35.5. The SMILES string of the molecule is C[C@@H](O)[C@@H](NC(=O)C1CC1)C(=O)Nc1ccc(N2CCCC2)c(Cl)c1. The first-order valence-electron chi connectivity index (χ1n) is 8.79. The van der Waals surface area contributed by atoms with E-state index in [1.807, 2.05) is 6.07 Å². The van der Waals surface area contributed by atoms with Gasteiger partial charge in [0.1, 0.15) is 6.04 Å². The van der Waals surface area contributed by atoms with Crippen LogP contribution in [-0.4, -0.2) is 42.2 Å². The highest BCUT2D eigenvalue weighted by molar-refractivity contribution is 6.33. The number of hydrogen-bond acceptors (Lipinski definition) is 4. The number of carbonyl (C=O) groups is 2. The average Bonchev–Trinajstić information content (AvgIpc) is 3.28. The van der Waals surface area contributed by atoms with E-state index < -0.39 is 18.1 Å². The second-order valence-corrected chi connectivity index (χ2v) is 7.26. The Bertz CT molecular complexity index is 655. The summed E-state index contributed by atoms with van der Waals surface area (Å²) in [6.07, 6.45) is 3.01. The smallest absolute Gasteiger partial charge is 0.249 e. The highest BCUT2D eigenvalue weighted by Crippen LogP contribution is 2.31. The molecule has 1 aliphatic carbocycles. The zero-order valence-corrected chi connectivity index (χ0v) is 15.1. The Morgan fingerprint density at radius 3 is 2.52 bits per heavy atom. The molecule has 0 spiro atoms. The lowest BCUT2D eigenvalue weighted by Crippen LogP contribution is -2.50. The van der Waals surface area contributed by atoms with E-state index >= 15 is 0 Å². The van der Waals surface area contributed by atoms with Gasteiger partial charge in [0.2, 0.25) is 11.8 Å². The van der Waals surface area contributed by atoms with Gasteiger partial charge in [-0.15, -0.1) is 0 Å². The summed E-state index contributed by atoms with van der Waals surface area (Å²) in [5, 5.41) is 15.8. The summed E-state index contributed by atoms with van der Waals surface area (Å²) in [7, 11) is 0. The van der Waals surface area contributed by atoms with Gasteiger partial charge in [0.15, 0.2) is 0 Å². The molecule has 1 saturated carbocycles. The van der Waals surface area contributed by atoms with Crippen molar-refractivity contribution in [3.8, 4) is 0 Å². The Hall–Kier alpha value is -1.79. The summed E-state index contributed by atoms with van der Waals surface area (Å²) in [4.78, 5) is 26.6. The lowest BCUT2D eigenvalue weighted by atomic mass is 10.1. The molecule has 0 bridgehead atoms. The maximum absolute atomic E-state index is 12.4. The van der Waals surface area contributed by atoms with E-state index in [4.69, 9.17) is 11.6 Å². The Morgan fingerprint density at radius 2 is 1.96 bits per heavy atom. The van der Waals surface area contributed by atoms with Crippen LogP contribution >= 0.6 is 11.6 Å². The average molecular weight is 366 g/mol. The summed E-state index contributed by atoms with van der Waals surface area (Å²) in [5.74, 6) is -0.652. The Labute approximate surface area is 152 Å². The van der Waals surface area contributed by atoms with Gasteiger partial charge in [-0.1, -0.05) is 11.6 Å². The zero-order chi connectivity index (χ0) is 18.0. The molecule has 3 rings (SSSR count). The second-order valence-electron chi connectivity index (χ2n) is 6.85. The van der Waals surface area contributed by atoms with Gasteiger partial charge < -0.3 is 20.6 Å². The third-order valence-corrected chi connectivity index (χ3v) is 4.98. The number of hydrogen-bond donors (Lipinski definition) is 3. The molecule has 2 aliphatic rings. The molecule has 3 N–H and O–H groups in total. The first kappa shape index (κ1) is 18.0. The molecule has 1 aliphatic heterocycles. The van der Waals surface area contributed by atoms with Gasteiger partial charge in [-0.25, -0.2) is 0 Å². The summed E-state index contributed by atoms with van der Waals surface area (Å²) in [5.41, 5.74) is 1.51. The third kappa shape index (κ3) is 4.44. The van der Waals surface area contributed by atoms with Gasteiger partial charge in [0.25, 0.3) is 0 Å². The maximum atomic E-state index is 12.4. The molecule has 0 radical (unpaired) electrons. The largest absolute Gasteiger partial charge is 0.391 e. The van der Waals surface area contributed by atoms with Gasteiger partial charge in [0, 0.05) is 24.7 Å². The minimum Gasteiger partial charge on any atom is -0.391 e. The van der Waals surface area contributed by atoms with E-state index in [0.717, 1.165) is 44.5 Å². The molecule has 2 amide bonds. The number of benzene rings is 1. The molecule has 0 unspecified atom stereocenters. The second kappa shape index (κ2) is 7.62. The number of amides is 2. The van der Waals surface area contributed by atoms with Crippen LogP contribution in [0.1, 0.15) is 32.6 Å². The molecule has 2 atom stereocenters. The van der Waals surface area contributed by atoms with Crippen LogP contribution < -0.4 is 15.5 Å². The molecular formula is C18H24ClN3O3. The van der Waals surface area contributed by atoms with E-state index in [1.165, 1.54) is 6.92 Å². The predicted molar refractivity (Wildman–Crippen MR) is 97.9 cm³/mol. The maximum Gasteiger partial charge on any atom is 0.249 e. The van der Waals surface area contributed by atoms with Gasteiger partial charge >= 0.3 is 0 Å². The highest BCUT2D eigenvalue weighted by Gasteiger charge is 2.34. The van der Waals surface area contributed by atoms with Crippen LogP contribution in [0.5, 0.6) is 0 Å². The van der Waals surface area contributed by atoms with Crippen molar-refractivity contribution in [2.45, 2.75) is 44.8 Å². The fraction of sp³-hybridized carbons (Fsp3) is 0.556. The summed E-state index contributed by atoms with van der Waals surface area (Å²) < 4.78 is 0. The molecular weight excluding hydrogens is 342 g/mol. The minimum atomic E-state index is -0.984. The van der Waals surface area contributed by atoms with Crippen LogP contribution in [0.25, 0.3) is 0 Å². The molecule has 6 nitrogen and oxygen atoms in total. The number of aliphatic hydroxyl groups excluding tert-OH is 1. The standard InChI is InChI=1S/C18H24ClN3O3/c1-11(23)16(21-17(24)12-4-5-12)18(25)20-13-6-7-15(14(19)10-13)22-8-2-3-9-22/h6-7,10-12,16,23H,2-5,8-9H2,1H3,(H,20,25)(H,21,24)/t11-,16-/m1/s1. The molecule has 25 heavy (non-hydrogen) atoms. The van der Waals surface area contributed by atoms with Crippen LogP contribution in [0.4, 0.5) is 11.4 Å². The molecule has 1 aromatic carbocycles. The van der Waals surface area contributed by atoms with E-state index in [1.54, 1.807) is 12.1 Å².